The average Bonchev–Trinajstić information content (AvgIpc) is 2.67. The summed E-state index contributed by atoms with van der Waals surface area (Å²) in [6.45, 7) is 0.694. The van der Waals surface area contributed by atoms with Crippen LogP contribution in [0.3, 0.4) is 0 Å². The Bertz CT molecular complexity index is 247. The van der Waals surface area contributed by atoms with E-state index in [2.05, 4.69) is 0 Å². The van der Waals surface area contributed by atoms with Crippen molar-refractivity contribution < 1.29 is 18.7 Å². The van der Waals surface area contributed by atoms with Gasteiger partial charge in [-0.15, -0.1) is 0 Å². The molecule has 0 aromatic rings. The SMILES string of the molecule is O=C(C(F)F)N1CC2CCC(O)C2C1. The van der Waals surface area contributed by atoms with Crippen molar-refractivity contribution in [1.82, 2.24) is 4.90 Å². The van der Waals surface area contributed by atoms with E-state index in [1.807, 2.05) is 0 Å². The molecule has 0 radical (unpaired) electrons. The second-order valence-corrected chi connectivity index (χ2v) is 4.11. The fraction of sp³-hybridized carbons (Fsp3) is 0.889. The highest BCUT2D eigenvalue weighted by molar-refractivity contribution is 5.79. The van der Waals surface area contributed by atoms with E-state index in [0.29, 0.717) is 13.1 Å². The van der Waals surface area contributed by atoms with E-state index in [0.717, 1.165) is 12.8 Å². The van der Waals surface area contributed by atoms with Crippen molar-refractivity contribution in [2.45, 2.75) is 25.4 Å². The molecule has 3 unspecified atom stereocenters. The lowest BCUT2D eigenvalue weighted by Crippen LogP contribution is -2.35. The molecule has 1 aliphatic heterocycles. The minimum atomic E-state index is -2.91. The van der Waals surface area contributed by atoms with Gasteiger partial charge in [-0.05, 0) is 18.8 Å². The number of carbonyl (C=O) groups excluding carboxylic acids is 1. The van der Waals surface area contributed by atoms with Gasteiger partial charge in [0.2, 0.25) is 0 Å². The number of rotatable bonds is 1. The van der Waals surface area contributed by atoms with Crippen LogP contribution >= 0.6 is 0 Å². The van der Waals surface area contributed by atoms with Crippen LogP contribution in [-0.2, 0) is 4.79 Å². The monoisotopic (exact) mass is 205 g/mol. The Hall–Kier alpha value is -0.710. The Morgan fingerprint density at radius 3 is 2.64 bits per heavy atom. The maximum absolute atomic E-state index is 12.1. The third-order valence-corrected chi connectivity index (χ3v) is 3.32. The molecule has 14 heavy (non-hydrogen) atoms. The lowest BCUT2D eigenvalue weighted by atomic mass is 10.00. The van der Waals surface area contributed by atoms with Gasteiger partial charge in [-0.2, -0.15) is 8.78 Å². The maximum Gasteiger partial charge on any atom is 0.315 e. The van der Waals surface area contributed by atoms with E-state index in [1.54, 1.807) is 0 Å². The molecule has 0 bridgehead atoms. The van der Waals surface area contributed by atoms with Gasteiger partial charge in [-0.1, -0.05) is 0 Å². The van der Waals surface area contributed by atoms with Crippen LogP contribution in [0.5, 0.6) is 0 Å². The molecule has 5 heteroatoms. The Morgan fingerprint density at radius 1 is 1.36 bits per heavy atom. The largest absolute Gasteiger partial charge is 0.393 e. The molecule has 0 spiro atoms. The number of halogens is 2. The van der Waals surface area contributed by atoms with E-state index in [1.165, 1.54) is 4.90 Å². The molecule has 2 fully saturated rings. The van der Waals surface area contributed by atoms with E-state index < -0.39 is 18.4 Å². The van der Waals surface area contributed by atoms with E-state index in [9.17, 15) is 18.7 Å². The van der Waals surface area contributed by atoms with Crippen molar-refractivity contribution in [2.75, 3.05) is 13.1 Å². The van der Waals surface area contributed by atoms with Crippen LogP contribution < -0.4 is 0 Å². The Morgan fingerprint density at radius 2 is 2.07 bits per heavy atom. The summed E-state index contributed by atoms with van der Waals surface area (Å²) in [4.78, 5) is 12.2. The van der Waals surface area contributed by atoms with Gasteiger partial charge in [-0.3, -0.25) is 4.79 Å². The zero-order chi connectivity index (χ0) is 10.3. The fourth-order valence-corrected chi connectivity index (χ4v) is 2.55. The summed E-state index contributed by atoms with van der Waals surface area (Å²) >= 11 is 0. The van der Waals surface area contributed by atoms with Gasteiger partial charge in [-0.25, -0.2) is 0 Å². The normalized spacial score (nSPS) is 36.6. The number of fused-ring (bicyclic) bond motifs is 1. The van der Waals surface area contributed by atoms with Crippen LogP contribution in [-0.4, -0.2) is 41.5 Å². The maximum atomic E-state index is 12.1. The topological polar surface area (TPSA) is 40.5 Å². The summed E-state index contributed by atoms with van der Waals surface area (Å²) in [6, 6.07) is 0. The molecule has 3 atom stereocenters. The second-order valence-electron chi connectivity index (χ2n) is 4.11. The first-order valence-electron chi connectivity index (χ1n) is 4.84. The smallest absolute Gasteiger partial charge is 0.315 e. The first-order valence-corrected chi connectivity index (χ1v) is 4.84. The molecule has 0 aromatic carbocycles. The molecule has 2 aliphatic rings. The molecular weight excluding hydrogens is 192 g/mol. The van der Waals surface area contributed by atoms with E-state index in [4.69, 9.17) is 0 Å². The van der Waals surface area contributed by atoms with Crippen molar-refractivity contribution in [3.8, 4) is 0 Å². The summed E-state index contributed by atoms with van der Waals surface area (Å²) in [5, 5.41) is 9.51. The van der Waals surface area contributed by atoms with Crippen molar-refractivity contribution in [3.05, 3.63) is 0 Å². The Balaban J connectivity index is 1.98. The van der Waals surface area contributed by atoms with Gasteiger partial charge in [0.05, 0.1) is 6.10 Å². The summed E-state index contributed by atoms with van der Waals surface area (Å²) < 4.78 is 24.2. The number of carbonyl (C=O) groups is 1. The van der Waals surface area contributed by atoms with Crippen LogP contribution in [0.2, 0.25) is 0 Å². The van der Waals surface area contributed by atoms with E-state index in [-0.39, 0.29) is 11.8 Å². The zero-order valence-electron chi connectivity index (χ0n) is 7.70. The number of nitrogens with zero attached hydrogens (tertiary/aromatic N) is 1. The quantitative estimate of drug-likeness (QED) is 0.676. The summed E-state index contributed by atoms with van der Waals surface area (Å²) in [5.74, 6) is -0.836. The Labute approximate surface area is 80.7 Å². The standard InChI is InChI=1S/C9H13F2NO2/c10-8(11)9(14)12-3-5-1-2-7(13)6(5)4-12/h5-8,13H,1-4H2. The van der Waals surface area contributed by atoms with Crippen molar-refractivity contribution in [3.63, 3.8) is 0 Å². The van der Waals surface area contributed by atoms with Crippen molar-refractivity contribution in [2.24, 2.45) is 11.8 Å². The third-order valence-electron chi connectivity index (χ3n) is 3.32. The van der Waals surface area contributed by atoms with Crippen molar-refractivity contribution in [1.29, 1.82) is 0 Å². The van der Waals surface area contributed by atoms with Gasteiger partial charge in [0, 0.05) is 19.0 Å². The first kappa shape index (κ1) is 9.83. The highest BCUT2D eigenvalue weighted by Gasteiger charge is 2.44. The van der Waals surface area contributed by atoms with Crippen LogP contribution in [0.4, 0.5) is 8.78 Å². The molecule has 2 rings (SSSR count). The number of hydrogen-bond acceptors (Lipinski definition) is 2. The van der Waals surface area contributed by atoms with E-state index >= 15 is 0 Å². The summed E-state index contributed by atoms with van der Waals surface area (Å²) in [6.07, 6.45) is -1.73. The third kappa shape index (κ3) is 1.49. The summed E-state index contributed by atoms with van der Waals surface area (Å²) in [5.41, 5.74) is 0. The molecule has 1 N–H and O–H groups in total. The molecule has 3 nitrogen and oxygen atoms in total. The highest BCUT2D eigenvalue weighted by Crippen LogP contribution is 2.38. The van der Waals surface area contributed by atoms with Gasteiger partial charge in [0.1, 0.15) is 0 Å². The predicted molar refractivity (Wildman–Crippen MR) is 44.8 cm³/mol. The molecule has 1 saturated carbocycles. The first-order chi connectivity index (χ1) is 6.59. The summed E-state index contributed by atoms with van der Waals surface area (Å²) in [7, 11) is 0. The van der Waals surface area contributed by atoms with Gasteiger partial charge in [0.25, 0.3) is 5.91 Å². The Kier molecular flexibility index (Phi) is 2.43. The number of hydrogen-bond donors (Lipinski definition) is 1. The van der Waals surface area contributed by atoms with Gasteiger partial charge in [0.15, 0.2) is 0 Å². The fourth-order valence-electron chi connectivity index (χ4n) is 2.55. The zero-order valence-corrected chi connectivity index (χ0v) is 7.70. The average molecular weight is 205 g/mol. The van der Waals surface area contributed by atoms with Gasteiger partial charge >= 0.3 is 6.43 Å². The number of alkyl halides is 2. The number of aliphatic hydroxyl groups is 1. The highest BCUT2D eigenvalue weighted by atomic mass is 19.3. The van der Waals surface area contributed by atoms with Crippen LogP contribution in [0.25, 0.3) is 0 Å². The molecule has 1 amide bonds. The molecule has 1 saturated heterocycles. The van der Waals surface area contributed by atoms with Crippen LogP contribution in [0.15, 0.2) is 0 Å². The minimum Gasteiger partial charge on any atom is -0.393 e. The molecular formula is C9H13F2NO2. The number of amides is 1. The molecule has 1 heterocycles. The number of aliphatic hydroxyl groups excluding tert-OH is 1. The van der Waals surface area contributed by atoms with Gasteiger partial charge < -0.3 is 10.0 Å². The lowest BCUT2D eigenvalue weighted by Gasteiger charge is -2.17. The lowest BCUT2D eigenvalue weighted by molar-refractivity contribution is -0.142. The van der Waals surface area contributed by atoms with Crippen molar-refractivity contribution >= 4 is 5.91 Å². The number of likely N-dealkylation sites (tertiary alicyclic amines) is 1. The van der Waals surface area contributed by atoms with Crippen LogP contribution in [0.1, 0.15) is 12.8 Å². The predicted octanol–water partition coefficient (Wildman–Crippen LogP) is 0.481. The molecule has 80 valence electrons. The molecule has 0 aromatic heterocycles. The molecule has 1 aliphatic carbocycles. The second kappa shape index (κ2) is 3.46. The minimum absolute atomic E-state index is 0.0256. The van der Waals surface area contributed by atoms with Crippen LogP contribution in [0, 0.1) is 11.8 Å².